The number of anilines is 2. The van der Waals surface area contributed by atoms with Gasteiger partial charge in [-0.25, -0.2) is 13.6 Å². The fourth-order valence-electron chi connectivity index (χ4n) is 2.29. The Morgan fingerprint density at radius 2 is 1.69 bits per heavy atom. The molecule has 2 aromatic carbocycles. The molecule has 8 heteroatoms. The van der Waals surface area contributed by atoms with E-state index in [4.69, 9.17) is 9.47 Å². The third-order valence-corrected chi connectivity index (χ3v) is 3.52. The molecule has 156 valence electrons. The number of hydrogen-bond donors (Lipinski definition) is 2. The number of rotatable bonds is 7. The first-order valence-corrected chi connectivity index (χ1v) is 9.10. The molecule has 2 rings (SSSR count). The highest BCUT2D eigenvalue weighted by Gasteiger charge is 2.17. The Labute approximate surface area is 168 Å². The van der Waals surface area contributed by atoms with Crippen molar-refractivity contribution in [2.24, 2.45) is 0 Å². The largest absolute Gasteiger partial charge is 0.494 e. The summed E-state index contributed by atoms with van der Waals surface area (Å²) in [7, 11) is 0. The molecule has 6 nitrogen and oxygen atoms in total. The van der Waals surface area contributed by atoms with Crippen LogP contribution in [0, 0.1) is 11.6 Å². The number of benzene rings is 2. The summed E-state index contributed by atoms with van der Waals surface area (Å²) in [6.45, 7) is 5.43. The summed E-state index contributed by atoms with van der Waals surface area (Å²) in [6, 6.07) is 9.37. The van der Waals surface area contributed by atoms with Gasteiger partial charge in [0, 0.05) is 12.1 Å². The third kappa shape index (κ3) is 8.16. The highest BCUT2D eigenvalue weighted by atomic mass is 19.1. The molecule has 0 aromatic heterocycles. The van der Waals surface area contributed by atoms with Gasteiger partial charge in [0.1, 0.15) is 23.0 Å². The molecule has 2 N–H and O–H groups in total. The second-order valence-electron chi connectivity index (χ2n) is 7.28. The molecule has 0 spiro atoms. The Morgan fingerprint density at radius 1 is 1.00 bits per heavy atom. The zero-order valence-corrected chi connectivity index (χ0v) is 16.6. The van der Waals surface area contributed by atoms with Crippen molar-refractivity contribution in [2.45, 2.75) is 39.2 Å². The van der Waals surface area contributed by atoms with Gasteiger partial charge < -0.3 is 14.8 Å². The van der Waals surface area contributed by atoms with Gasteiger partial charge in [-0.05, 0) is 69.7 Å². The number of amides is 2. The molecule has 2 aromatic rings. The van der Waals surface area contributed by atoms with E-state index in [1.807, 2.05) is 0 Å². The quantitative estimate of drug-likeness (QED) is 0.627. The number of carbonyl (C=O) groups excluding carboxylic acids is 2. The molecular weight excluding hydrogens is 382 g/mol. The van der Waals surface area contributed by atoms with Gasteiger partial charge in [0.2, 0.25) is 5.91 Å². The minimum absolute atomic E-state index is 0.0528. The minimum Gasteiger partial charge on any atom is -0.494 e. The summed E-state index contributed by atoms with van der Waals surface area (Å²) >= 11 is 0. The first kappa shape index (κ1) is 22.1. The van der Waals surface area contributed by atoms with Gasteiger partial charge >= 0.3 is 6.09 Å². The smallest absolute Gasteiger partial charge is 0.412 e. The maximum atomic E-state index is 14.0. The van der Waals surface area contributed by atoms with Crippen molar-refractivity contribution in [1.29, 1.82) is 0 Å². The van der Waals surface area contributed by atoms with Crippen LogP contribution < -0.4 is 15.4 Å². The molecule has 0 atom stereocenters. The highest BCUT2D eigenvalue weighted by molar-refractivity contribution is 5.92. The van der Waals surface area contributed by atoms with E-state index in [1.165, 1.54) is 36.4 Å². The molecule has 0 aliphatic carbocycles. The highest BCUT2D eigenvalue weighted by Crippen LogP contribution is 2.21. The summed E-state index contributed by atoms with van der Waals surface area (Å²) in [4.78, 5) is 23.9. The molecule has 0 radical (unpaired) electrons. The van der Waals surface area contributed by atoms with Crippen LogP contribution in [0.5, 0.6) is 5.75 Å². The summed E-state index contributed by atoms with van der Waals surface area (Å²) in [6.07, 6.45) is -0.190. The second kappa shape index (κ2) is 9.86. The summed E-state index contributed by atoms with van der Waals surface area (Å²) < 4.78 is 37.3. The average molecular weight is 406 g/mol. The topological polar surface area (TPSA) is 76.7 Å². The normalized spacial score (nSPS) is 10.9. The fraction of sp³-hybridized carbons (Fsp3) is 0.333. The van der Waals surface area contributed by atoms with Gasteiger partial charge in [-0.3, -0.25) is 10.1 Å². The number of carbonyl (C=O) groups is 2. The lowest BCUT2D eigenvalue weighted by molar-refractivity contribution is -0.116. The molecule has 0 aliphatic rings. The monoisotopic (exact) mass is 406 g/mol. The molecule has 0 saturated heterocycles. The number of hydrogen-bond acceptors (Lipinski definition) is 4. The SMILES string of the molecule is CC(C)(C)OC(=O)Nc1ccc(F)c(NC(=O)CCCOc2ccc(F)cc2)c1. The van der Waals surface area contributed by atoms with Crippen molar-refractivity contribution in [2.75, 3.05) is 17.2 Å². The fourth-order valence-corrected chi connectivity index (χ4v) is 2.29. The van der Waals surface area contributed by atoms with Crippen LogP contribution in [0.25, 0.3) is 0 Å². The van der Waals surface area contributed by atoms with E-state index in [1.54, 1.807) is 20.8 Å². The summed E-state index contributed by atoms with van der Waals surface area (Å²) in [5.74, 6) is -0.891. The van der Waals surface area contributed by atoms with E-state index in [0.29, 0.717) is 12.2 Å². The lowest BCUT2D eigenvalue weighted by atomic mass is 10.2. The van der Waals surface area contributed by atoms with Crippen molar-refractivity contribution < 1.29 is 27.8 Å². The van der Waals surface area contributed by atoms with Gasteiger partial charge in [0.05, 0.1) is 12.3 Å². The van der Waals surface area contributed by atoms with Gasteiger partial charge in [-0.1, -0.05) is 0 Å². The van der Waals surface area contributed by atoms with Crippen molar-refractivity contribution in [3.8, 4) is 5.75 Å². The first-order valence-electron chi connectivity index (χ1n) is 9.10. The molecule has 0 unspecified atom stereocenters. The third-order valence-electron chi connectivity index (χ3n) is 3.52. The maximum absolute atomic E-state index is 14.0. The molecular formula is C21H24F2N2O4. The number of ether oxygens (including phenoxy) is 2. The molecule has 29 heavy (non-hydrogen) atoms. The zero-order chi connectivity index (χ0) is 21.4. The van der Waals surface area contributed by atoms with E-state index in [0.717, 1.165) is 6.07 Å². The Kier molecular flexibility index (Phi) is 7.52. The van der Waals surface area contributed by atoms with Gasteiger partial charge in [-0.15, -0.1) is 0 Å². The van der Waals surface area contributed by atoms with Gasteiger partial charge in [-0.2, -0.15) is 0 Å². The Hall–Kier alpha value is -3.16. The van der Waals surface area contributed by atoms with E-state index < -0.39 is 23.4 Å². The summed E-state index contributed by atoms with van der Waals surface area (Å²) in [5, 5.41) is 4.95. The first-order chi connectivity index (χ1) is 13.6. The van der Waals surface area contributed by atoms with E-state index in [9.17, 15) is 18.4 Å². The second-order valence-corrected chi connectivity index (χ2v) is 7.28. The Balaban J connectivity index is 1.82. The average Bonchev–Trinajstić information content (AvgIpc) is 2.61. The molecule has 0 heterocycles. The molecule has 0 bridgehead atoms. The van der Waals surface area contributed by atoms with Crippen LogP contribution in [0.2, 0.25) is 0 Å². The van der Waals surface area contributed by atoms with Crippen molar-refractivity contribution in [3.05, 3.63) is 54.1 Å². The lowest BCUT2D eigenvalue weighted by Gasteiger charge is -2.19. The molecule has 0 fully saturated rings. The van der Waals surface area contributed by atoms with E-state index in [-0.39, 0.29) is 30.2 Å². The van der Waals surface area contributed by atoms with Crippen molar-refractivity contribution in [1.82, 2.24) is 0 Å². The van der Waals surface area contributed by atoms with Crippen LogP contribution in [0.1, 0.15) is 33.6 Å². The van der Waals surface area contributed by atoms with Crippen molar-refractivity contribution in [3.63, 3.8) is 0 Å². The predicted molar refractivity (Wildman–Crippen MR) is 106 cm³/mol. The van der Waals surface area contributed by atoms with Crippen LogP contribution in [0.4, 0.5) is 25.0 Å². The molecule has 0 aliphatic heterocycles. The van der Waals surface area contributed by atoms with E-state index >= 15 is 0 Å². The minimum atomic E-state index is -0.681. The molecule has 2 amide bonds. The standard InChI is InChI=1S/C21H24F2N2O4/c1-21(2,3)29-20(27)24-15-8-11-17(23)18(13-15)25-19(26)5-4-12-28-16-9-6-14(22)7-10-16/h6-11,13H,4-5,12H2,1-3H3,(H,24,27)(H,25,26). The van der Waals surface area contributed by atoms with Crippen LogP contribution in [-0.4, -0.2) is 24.2 Å². The summed E-state index contributed by atoms with van der Waals surface area (Å²) in [5.41, 5.74) is -0.435. The van der Waals surface area contributed by atoms with Gasteiger partial charge in [0.15, 0.2) is 0 Å². The van der Waals surface area contributed by atoms with Crippen LogP contribution in [0.15, 0.2) is 42.5 Å². The Bertz CT molecular complexity index is 849. The van der Waals surface area contributed by atoms with Gasteiger partial charge in [0.25, 0.3) is 0 Å². The maximum Gasteiger partial charge on any atom is 0.412 e. The van der Waals surface area contributed by atoms with Crippen LogP contribution in [-0.2, 0) is 9.53 Å². The lowest BCUT2D eigenvalue weighted by Crippen LogP contribution is -2.27. The zero-order valence-electron chi connectivity index (χ0n) is 16.6. The van der Waals surface area contributed by atoms with Crippen LogP contribution >= 0.6 is 0 Å². The molecule has 0 saturated carbocycles. The Morgan fingerprint density at radius 3 is 2.34 bits per heavy atom. The number of nitrogens with one attached hydrogen (secondary N) is 2. The van der Waals surface area contributed by atoms with Crippen LogP contribution in [0.3, 0.4) is 0 Å². The predicted octanol–water partition coefficient (Wildman–Crippen LogP) is 5.11. The number of halogens is 2. The van der Waals surface area contributed by atoms with Crippen molar-refractivity contribution >= 4 is 23.4 Å². The van der Waals surface area contributed by atoms with E-state index in [2.05, 4.69) is 10.6 Å².